The number of aromatic carboxylic acids is 1. The van der Waals surface area contributed by atoms with Crippen molar-refractivity contribution in [3.05, 3.63) is 57.0 Å². The first-order valence-electron chi connectivity index (χ1n) is 5.23. The zero-order valence-corrected chi connectivity index (χ0v) is 11.7. The van der Waals surface area contributed by atoms with Crippen molar-refractivity contribution in [1.82, 2.24) is 0 Å². The molecule has 19 heavy (non-hydrogen) atoms. The minimum Gasteiger partial charge on any atom is -0.478 e. The molecule has 3 nitrogen and oxygen atoms in total. The second-order valence-electron chi connectivity index (χ2n) is 3.72. The Labute approximate surface area is 124 Å². The van der Waals surface area contributed by atoms with E-state index in [0.717, 1.165) is 0 Å². The lowest BCUT2D eigenvalue weighted by molar-refractivity contribution is 0.0698. The van der Waals surface area contributed by atoms with E-state index in [1.807, 2.05) is 0 Å². The molecule has 0 atom stereocenters. The number of halogens is 3. The molecule has 0 bridgehead atoms. The molecule has 0 unspecified atom stereocenters. The van der Waals surface area contributed by atoms with Gasteiger partial charge in [-0.25, -0.2) is 4.79 Å². The molecule has 2 aromatic carbocycles. The van der Waals surface area contributed by atoms with Crippen LogP contribution in [0.3, 0.4) is 0 Å². The lowest BCUT2D eigenvalue weighted by Gasteiger charge is -2.11. The molecular formula is C13H8Cl3NO2. The summed E-state index contributed by atoms with van der Waals surface area (Å²) in [5, 5.41) is 13.1. The standard InChI is InChI=1S/C13H8Cl3NO2/c14-8-5-10(16)12(6-9(8)15)17-11-4-2-1-3-7(11)13(18)19/h1-6,17H,(H,18,19). The normalized spacial score (nSPS) is 10.3. The zero-order chi connectivity index (χ0) is 14.0. The van der Waals surface area contributed by atoms with Crippen LogP contribution in [0.4, 0.5) is 11.4 Å². The van der Waals surface area contributed by atoms with Crippen LogP contribution in [0, 0.1) is 0 Å². The first-order valence-corrected chi connectivity index (χ1v) is 6.36. The van der Waals surface area contributed by atoms with Gasteiger partial charge in [-0.2, -0.15) is 0 Å². The third kappa shape index (κ3) is 3.13. The average molecular weight is 317 g/mol. The quantitative estimate of drug-likeness (QED) is 0.776. The van der Waals surface area contributed by atoms with Crippen LogP contribution in [0.1, 0.15) is 10.4 Å². The monoisotopic (exact) mass is 315 g/mol. The molecule has 0 saturated heterocycles. The smallest absolute Gasteiger partial charge is 0.337 e. The number of hydrogen-bond donors (Lipinski definition) is 2. The van der Waals surface area contributed by atoms with Gasteiger partial charge in [0.1, 0.15) is 0 Å². The summed E-state index contributed by atoms with van der Waals surface area (Å²) < 4.78 is 0. The summed E-state index contributed by atoms with van der Waals surface area (Å²) in [5.41, 5.74) is 1.06. The van der Waals surface area contributed by atoms with Crippen molar-refractivity contribution in [2.75, 3.05) is 5.32 Å². The Bertz CT molecular complexity index is 644. The second kappa shape index (κ2) is 5.70. The summed E-state index contributed by atoms with van der Waals surface area (Å²) >= 11 is 17.8. The van der Waals surface area contributed by atoms with E-state index in [0.29, 0.717) is 26.4 Å². The number of benzene rings is 2. The third-order valence-corrected chi connectivity index (χ3v) is 3.47. The molecule has 0 aromatic heterocycles. The van der Waals surface area contributed by atoms with Gasteiger partial charge in [0.25, 0.3) is 0 Å². The van der Waals surface area contributed by atoms with E-state index in [1.165, 1.54) is 12.1 Å². The van der Waals surface area contributed by atoms with Gasteiger partial charge in [0.05, 0.1) is 32.0 Å². The van der Waals surface area contributed by atoms with E-state index < -0.39 is 5.97 Å². The van der Waals surface area contributed by atoms with Crippen molar-refractivity contribution >= 4 is 52.1 Å². The van der Waals surface area contributed by atoms with Crippen molar-refractivity contribution in [3.8, 4) is 0 Å². The summed E-state index contributed by atoms with van der Waals surface area (Å²) in [7, 11) is 0. The predicted molar refractivity (Wildman–Crippen MR) is 78.2 cm³/mol. The molecular weight excluding hydrogens is 309 g/mol. The molecule has 2 rings (SSSR count). The fraction of sp³-hybridized carbons (Fsp3) is 0. The van der Waals surface area contributed by atoms with Crippen molar-refractivity contribution in [2.24, 2.45) is 0 Å². The Hall–Kier alpha value is -1.42. The highest BCUT2D eigenvalue weighted by Crippen LogP contribution is 2.34. The van der Waals surface area contributed by atoms with E-state index in [4.69, 9.17) is 39.9 Å². The van der Waals surface area contributed by atoms with E-state index in [1.54, 1.807) is 24.3 Å². The Morgan fingerprint density at radius 1 is 0.947 bits per heavy atom. The zero-order valence-electron chi connectivity index (χ0n) is 9.45. The molecule has 6 heteroatoms. The van der Waals surface area contributed by atoms with Crippen LogP contribution < -0.4 is 5.32 Å². The Morgan fingerprint density at radius 3 is 2.26 bits per heavy atom. The van der Waals surface area contributed by atoms with Crippen molar-refractivity contribution in [3.63, 3.8) is 0 Å². The fourth-order valence-electron chi connectivity index (χ4n) is 1.54. The van der Waals surface area contributed by atoms with Gasteiger partial charge < -0.3 is 10.4 Å². The minimum absolute atomic E-state index is 0.143. The Balaban J connectivity index is 2.42. The number of carbonyl (C=O) groups is 1. The summed E-state index contributed by atoms with van der Waals surface area (Å²) in [6, 6.07) is 9.55. The second-order valence-corrected chi connectivity index (χ2v) is 4.94. The highest BCUT2D eigenvalue weighted by atomic mass is 35.5. The largest absolute Gasteiger partial charge is 0.478 e. The molecule has 2 N–H and O–H groups in total. The Kier molecular flexibility index (Phi) is 4.20. The maximum absolute atomic E-state index is 11.1. The molecule has 0 aliphatic heterocycles. The van der Waals surface area contributed by atoms with Gasteiger partial charge in [0.2, 0.25) is 0 Å². The van der Waals surface area contributed by atoms with Crippen molar-refractivity contribution < 1.29 is 9.90 Å². The number of carboxylic acid groups (broad SMARTS) is 1. The summed E-state index contributed by atoms with van der Waals surface area (Å²) in [5.74, 6) is -1.03. The average Bonchev–Trinajstić information content (AvgIpc) is 2.36. The summed E-state index contributed by atoms with van der Waals surface area (Å²) in [6.45, 7) is 0. The van der Waals surface area contributed by atoms with Gasteiger partial charge in [-0.3, -0.25) is 0 Å². The lowest BCUT2D eigenvalue weighted by Crippen LogP contribution is -2.02. The molecule has 0 saturated carbocycles. The van der Waals surface area contributed by atoms with Crippen LogP contribution in [0.2, 0.25) is 15.1 Å². The van der Waals surface area contributed by atoms with Gasteiger partial charge in [-0.05, 0) is 24.3 Å². The van der Waals surface area contributed by atoms with Gasteiger partial charge in [-0.1, -0.05) is 46.9 Å². The number of hydrogen-bond acceptors (Lipinski definition) is 2. The number of rotatable bonds is 3. The maximum atomic E-state index is 11.1. The van der Waals surface area contributed by atoms with Gasteiger partial charge >= 0.3 is 5.97 Å². The molecule has 0 amide bonds. The van der Waals surface area contributed by atoms with Crippen molar-refractivity contribution in [2.45, 2.75) is 0 Å². The summed E-state index contributed by atoms with van der Waals surface area (Å²) in [4.78, 5) is 11.1. The first-order chi connectivity index (χ1) is 8.99. The van der Waals surface area contributed by atoms with Crippen LogP contribution in [0.15, 0.2) is 36.4 Å². The maximum Gasteiger partial charge on any atom is 0.337 e. The van der Waals surface area contributed by atoms with Crippen LogP contribution in [0.25, 0.3) is 0 Å². The van der Waals surface area contributed by atoms with Gasteiger partial charge in [-0.15, -0.1) is 0 Å². The van der Waals surface area contributed by atoms with E-state index in [2.05, 4.69) is 5.32 Å². The van der Waals surface area contributed by atoms with Crippen LogP contribution in [-0.2, 0) is 0 Å². The van der Waals surface area contributed by atoms with Crippen LogP contribution >= 0.6 is 34.8 Å². The number of carboxylic acids is 1. The molecule has 0 aliphatic carbocycles. The molecule has 2 aromatic rings. The van der Waals surface area contributed by atoms with Gasteiger partial charge in [0, 0.05) is 0 Å². The molecule has 0 fully saturated rings. The fourth-order valence-corrected chi connectivity index (χ4v) is 2.14. The van der Waals surface area contributed by atoms with E-state index >= 15 is 0 Å². The highest BCUT2D eigenvalue weighted by Gasteiger charge is 2.11. The highest BCUT2D eigenvalue weighted by molar-refractivity contribution is 6.44. The SMILES string of the molecule is O=C(O)c1ccccc1Nc1cc(Cl)c(Cl)cc1Cl. The number of anilines is 2. The van der Waals surface area contributed by atoms with Crippen LogP contribution in [-0.4, -0.2) is 11.1 Å². The van der Waals surface area contributed by atoms with Gasteiger partial charge in [0.15, 0.2) is 0 Å². The van der Waals surface area contributed by atoms with Crippen LogP contribution in [0.5, 0.6) is 0 Å². The molecule has 98 valence electrons. The molecule has 0 spiro atoms. The topological polar surface area (TPSA) is 49.3 Å². The third-order valence-electron chi connectivity index (χ3n) is 2.44. The molecule has 0 radical (unpaired) electrons. The number of para-hydroxylation sites is 1. The summed E-state index contributed by atoms with van der Waals surface area (Å²) in [6.07, 6.45) is 0. The minimum atomic E-state index is -1.03. The van der Waals surface area contributed by atoms with E-state index in [-0.39, 0.29) is 5.56 Å². The van der Waals surface area contributed by atoms with E-state index in [9.17, 15) is 4.79 Å². The lowest BCUT2D eigenvalue weighted by atomic mass is 10.1. The predicted octanol–water partition coefficient (Wildman–Crippen LogP) is 5.09. The number of nitrogens with one attached hydrogen (secondary N) is 1. The Morgan fingerprint density at radius 2 is 1.58 bits per heavy atom. The van der Waals surface area contributed by atoms with Crippen molar-refractivity contribution in [1.29, 1.82) is 0 Å². The first kappa shape index (κ1) is 14.0. The molecule has 0 heterocycles. The molecule has 0 aliphatic rings.